The minimum absolute atomic E-state index is 0.00702. The number of terminal acetylenes is 1. The van der Waals surface area contributed by atoms with Crippen molar-refractivity contribution in [2.24, 2.45) is 0 Å². The molecule has 7 atom stereocenters. The highest BCUT2D eigenvalue weighted by Gasteiger charge is 2.41. The van der Waals surface area contributed by atoms with Crippen molar-refractivity contribution in [3.63, 3.8) is 0 Å². The summed E-state index contributed by atoms with van der Waals surface area (Å²) in [6, 6.07) is 8.09. The predicted molar refractivity (Wildman–Crippen MR) is 246 cm³/mol. The minimum atomic E-state index is -2.21. The van der Waals surface area contributed by atoms with Crippen LogP contribution in [-0.4, -0.2) is 80.2 Å². The smallest absolute Gasteiger partial charge is 0.193 e. The van der Waals surface area contributed by atoms with Gasteiger partial charge in [0.1, 0.15) is 11.9 Å². The Balaban J connectivity index is 1.88. The monoisotopic (exact) mass is 835 g/mol. The van der Waals surface area contributed by atoms with Crippen molar-refractivity contribution in [2.45, 2.75) is 179 Å². The third kappa shape index (κ3) is 16.2. The van der Waals surface area contributed by atoms with E-state index in [9.17, 15) is 0 Å². The highest BCUT2D eigenvalue weighted by Crippen LogP contribution is 2.40. The first-order valence-corrected chi connectivity index (χ1v) is 27.2. The first-order chi connectivity index (χ1) is 27.2. The Morgan fingerprint density at radius 3 is 2.26 bits per heavy atom. The van der Waals surface area contributed by atoms with Crippen molar-refractivity contribution in [1.29, 1.82) is 0 Å². The second kappa shape index (κ2) is 22.9. The van der Waals surface area contributed by atoms with Crippen LogP contribution >= 0.6 is 0 Å². The van der Waals surface area contributed by atoms with Gasteiger partial charge in [-0.3, -0.25) is 0 Å². The first-order valence-electron chi connectivity index (χ1n) is 21.4. The standard InChI is InChI=1S/C49H78O7Si2/c1-16-19-41-28-30-44(51-11)46(54-41)23-17-20-37(2)35-43(55-57(12,13)48(4,5)6)21-18-22-45(53-36-39-24-26-40(50-10)27-25-39)47(56-58(14,15)49(7,8)9)31-29-42-34-38(3)32-33-52-42/h1,18,21,24-32,41-47H,2,17,19-20,22-23,33-36H2,3-15H3/b21-18+,31-29+/t41-,42-,43?,44+,45+,46-,47+/m1/s1. The molecule has 0 N–H and O–H groups in total. The highest BCUT2D eigenvalue weighted by molar-refractivity contribution is 6.74. The zero-order valence-electron chi connectivity index (χ0n) is 38.4. The molecule has 3 rings (SSSR count). The highest BCUT2D eigenvalue weighted by atomic mass is 28.4. The van der Waals surface area contributed by atoms with E-state index in [2.05, 4.69) is 136 Å². The van der Waals surface area contributed by atoms with Gasteiger partial charge in [-0.15, -0.1) is 12.3 Å². The van der Waals surface area contributed by atoms with Gasteiger partial charge in [-0.1, -0.05) is 114 Å². The molecular formula is C49H78O7Si2. The van der Waals surface area contributed by atoms with E-state index >= 15 is 0 Å². The van der Waals surface area contributed by atoms with Gasteiger partial charge in [0, 0.05) is 13.5 Å². The first kappa shape index (κ1) is 49.8. The normalized spacial score (nSPS) is 22.4. The van der Waals surface area contributed by atoms with Gasteiger partial charge in [-0.2, -0.15) is 0 Å². The summed E-state index contributed by atoms with van der Waals surface area (Å²) >= 11 is 0. The molecule has 58 heavy (non-hydrogen) atoms. The number of ether oxygens (including phenoxy) is 5. The van der Waals surface area contributed by atoms with Crippen LogP contribution in [0, 0.1) is 12.3 Å². The Labute approximate surface area is 355 Å². The number of benzene rings is 1. The Morgan fingerprint density at radius 1 is 0.983 bits per heavy atom. The van der Waals surface area contributed by atoms with Crippen LogP contribution in [0.25, 0.3) is 0 Å². The van der Waals surface area contributed by atoms with Gasteiger partial charge in [0.15, 0.2) is 16.6 Å². The molecule has 1 aromatic rings. The van der Waals surface area contributed by atoms with E-state index in [1.54, 1.807) is 14.2 Å². The van der Waals surface area contributed by atoms with Gasteiger partial charge in [0.25, 0.3) is 0 Å². The van der Waals surface area contributed by atoms with Crippen LogP contribution in [0.2, 0.25) is 36.3 Å². The molecule has 7 nitrogen and oxygen atoms in total. The molecule has 324 valence electrons. The van der Waals surface area contributed by atoms with Crippen LogP contribution in [0.3, 0.4) is 0 Å². The number of hydrogen-bond donors (Lipinski definition) is 0. The summed E-state index contributed by atoms with van der Waals surface area (Å²) < 4.78 is 44.8. The van der Waals surface area contributed by atoms with E-state index in [1.807, 2.05) is 18.2 Å². The van der Waals surface area contributed by atoms with Gasteiger partial charge in [-0.05, 0) is 99.4 Å². The van der Waals surface area contributed by atoms with E-state index in [0.717, 1.165) is 43.4 Å². The average molecular weight is 835 g/mol. The Morgan fingerprint density at radius 2 is 1.66 bits per heavy atom. The SMILES string of the molecule is C#CC[C@@H]1C=C[C@H](OC)[C@@H](CCCC(=C)CC(/C=C/C[C@H](OCc2ccc(OC)cc2)[C@H](/C=C/[C@@H]2CC(C)=CCO2)O[Si](C)(C)C(C)(C)C)O[Si](C)(C)C(C)(C)C)O1. The molecule has 0 amide bonds. The van der Waals surface area contributed by atoms with Crippen molar-refractivity contribution in [3.05, 3.63) is 90.1 Å². The zero-order valence-corrected chi connectivity index (χ0v) is 40.4. The summed E-state index contributed by atoms with van der Waals surface area (Å²) in [4.78, 5) is 0. The average Bonchev–Trinajstić information content (AvgIpc) is 3.14. The second-order valence-corrected chi connectivity index (χ2v) is 28.7. The fourth-order valence-corrected chi connectivity index (χ4v) is 9.05. The summed E-state index contributed by atoms with van der Waals surface area (Å²) in [7, 11) is -0.914. The van der Waals surface area contributed by atoms with Crippen molar-refractivity contribution in [1.82, 2.24) is 0 Å². The number of hydrogen-bond acceptors (Lipinski definition) is 7. The molecule has 0 bridgehead atoms. The summed E-state index contributed by atoms with van der Waals surface area (Å²) in [6.07, 6.45) is 25.5. The fraction of sp³-hybridized carbons (Fsp3) is 0.633. The number of methoxy groups -OCH3 is 2. The predicted octanol–water partition coefficient (Wildman–Crippen LogP) is 12.1. The largest absolute Gasteiger partial charge is 0.497 e. The molecular weight excluding hydrogens is 757 g/mol. The van der Waals surface area contributed by atoms with Crippen molar-refractivity contribution in [2.75, 3.05) is 20.8 Å². The third-order valence-corrected chi connectivity index (χ3v) is 21.3. The molecule has 2 heterocycles. The molecule has 1 aromatic carbocycles. The summed E-state index contributed by atoms with van der Waals surface area (Å²) in [5, 5.41) is 0.0776. The van der Waals surface area contributed by atoms with Crippen LogP contribution in [-0.2, 0) is 34.4 Å². The maximum atomic E-state index is 7.22. The minimum Gasteiger partial charge on any atom is -0.497 e. The lowest BCUT2D eigenvalue weighted by Crippen LogP contribution is -2.47. The quantitative estimate of drug-likeness (QED) is 0.0655. The molecule has 0 aromatic heterocycles. The zero-order chi connectivity index (χ0) is 43.1. The third-order valence-electron chi connectivity index (χ3n) is 12.3. The van der Waals surface area contributed by atoms with Crippen molar-refractivity contribution in [3.8, 4) is 18.1 Å². The van der Waals surface area contributed by atoms with Gasteiger partial charge >= 0.3 is 0 Å². The molecule has 0 spiro atoms. The van der Waals surface area contributed by atoms with Crippen LogP contribution in [0.1, 0.15) is 99.0 Å². The van der Waals surface area contributed by atoms with E-state index < -0.39 is 16.6 Å². The summed E-state index contributed by atoms with van der Waals surface area (Å²) in [5.74, 6) is 3.55. The van der Waals surface area contributed by atoms with Gasteiger partial charge < -0.3 is 32.5 Å². The molecule has 0 fully saturated rings. The molecule has 0 saturated heterocycles. The van der Waals surface area contributed by atoms with Crippen molar-refractivity contribution >= 4 is 16.6 Å². The molecule has 0 radical (unpaired) electrons. The van der Waals surface area contributed by atoms with Crippen molar-refractivity contribution < 1.29 is 32.5 Å². The topological polar surface area (TPSA) is 64.6 Å². The molecule has 1 unspecified atom stereocenters. The fourth-order valence-electron chi connectivity index (χ4n) is 6.52. The lowest BCUT2D eigenvalue weighted by molar-refractivity contribution is -0.0721. The van der Waals surface area contributed by atoms with Gasteiger partial charge in [0.05, 0.1) is 56.9 Å². The molecule has 9 heteroatoms. The Kier molecular flexibility index (Phi) is 19.7. The van der Waals surface area contributed by atoms with Crippen LogP contribution < -0.4 is 4.74 Å². The molecule has 2 aliphatic heterocycles. The van der Waals surface area contributed by atoms with Crippen LogP contribution in [0.5, 0.6) is 5.75 Å². The second-order valence-electron chi connectivity index (χ2n) is 19.2. The summed E-state index contributed by atoms with van der Waals surface area (Å²) in [5.41, 5.74) is 3.59. The van der Waals surface area contributed by atoms with Gasteiger partial charge in [0.2, 0.25) is 0 Å². The maximum absolute atomic E-state index is 7.22. The van der Waals surface area contributed by atoms with Crippen LogP contribution in [0.4, 0.5) is 0 Å². The molecule has 0 aliphatic carbocycles. The van der Waals surface area contributed by atoms with E-state index in [-0.39, 0.29) is 52.8 Å². The lowest BCUT2D eigenvalue weighted by Gasteiger charge is -2.40. The van der Waals surface area contributed by atoms with Crippen LogP contribution in [0.15, 0.2) is 84.5 Å². The lowest BCUT2D eigenvalue weighted by atomic mass is 9.98. The molecule has 2 aliphatic rings. The Bertz CT molecular complexity index is 1570. The molecule has 0 saturated carbocycles. The van der Waals surface area contributed by atoms with E-state index in [0.29, 0.717) is 26.1 Å². The maximum Gasteiger partial charge on any atom is 0.193 e. The van der Waals surface area contributed by atoms with E-state index in [4.69, 9.17) is 39.0 Å². The Hall–Kier alpha value is -2.53. The van der Waals surface area contributed by atoms with Gasteiger partial charge in [-0.25, -0.2) is 0 Å². The number of rotatable bonds is 22. The summed E-state index contributed by atoms with van der Waals surface area (Å²) in [6.45, 7) is 30.8. The van der Waals surface area contributed by atoms with E-state index in [1.165, 1.54) is 11.1 Å².